The number of benzene rings is 1. The third kappa shape index (κ3) is 5.92. The molecule has 1 aromatic carbocycles. The molecule has 0 fully saturated rings. The van der Waals surface area contributed by atoms with Crippen LogP contribution in [0.4, 0.5) is 0 Å². The van der Waals surface area contributed by atoms with Crippen molar-refractivity contribution in [3.05, 3.63) is 35.9 Å². The lowest BCUT2D eigenvalue weighted by Crippen LogP contribution is -2.48. The molecule has 0 saturated heterocycles. The quantitative estimate of drug-likeness (QED) is 0.642. The summed E-state index contributed by atoms with van der Waals surface area (Å²) >= 11 is 0. The van der Waals surface area contributed by atoms with Crippen molar-refractivity contribution in [2.45, 2.75) is 52.2 Å². The van der Waals surface area contributed by atoms with E-state index in [1.54, 1.807) is 6.92 Å². The predicted molar refractivity (Wildman–Crippen MR) is 89.1 cm³/mol. The number of hydrogen-bond donors (Lipinski definition) is 1. The molecule has 0 bridgehead atoms. The van der Waals surface area contributed by atoms with Crippen LogP contribution in [0.1, 0.15) is 19.4 Å². The van der Waals surface area contributed by atoms with Crippen molar-refractivity contribution in [2.75, 3.05) is 6.17 Å². The van der Waals surface area contributed by atoms with Gasteiger partial charge in [-0.1, -0.05) is 55.9 Å². The molecule has 0 radical (unpaired) electrons. The SMILES string of the molecule is CC#C[C@H](O)[C@H](C)N(Cc1ccccc1)C[Si](C)(C)C. The molecule has 0 saturated carbocycles. The summed E-state index contributed by atoms with van der Waals surface area (Å²) < 4.78 is 0. The maximum Gasteiger partial charge on any atom is 0.129 e. The molecule has 0 aliphatic carbocycles. The summed E-state index contributed by atoms with van der Waals surface area (Å²) in [4.78, 5) is 2.37. The monoisotopic (exact) mass is 289 g/mol. The topological polar surface area (TPSA) is 23.5 Å². The zero-order valence-electron chi connectivity index (χ0n) is 13.4. The van der Waals surface area contributed by atoms with Crippen LogP contribution in [0.25, 0.3) is 0 Å². The average molecular weight is 289 g/mol. The molecule has 2 nitrogen and oxygen atoms in total. The summed E-state index contributed by atoms with van der Waals surface area (Å²) in [6.45, 7) is 11.8. The van der Waals surface area contributed by atoms with Crippen LogP contribution in [0.3, 0.4) is 0 Å². The Kier molecular flexibility index (Phi) is 6.48. The van der Waals surface area contributed by atoms with Gasteiger partial charge in [-0.05, 0) is 25.6 Å². The summed E-state index contributed by atoms with van der Waals surface area (Å²) in [7, 11) is -1.24. The van der Waals surface area contributed by atoms with E-state index in [9.17, 15) is 5.11 Å². The highest BCUT2D eigenvalue weighted by Crippen LogP contribution is 2.15. The molecular weight excluding hydrogens is 262 g/mol. The van der Waals surface area contributed by atoms with Gasteiger partial charge in [0.2, 0.25) is 0 Å². The van der Waals surface area contributed by atoms with E-state index in [1.165, 1.54) is 5.56 Å². The number of aliphatic hydroxyl groups excluding tert-OH is 1. The van der Waals surface area contributed by atoms with Crippen molar-refractivity contribution in [2.24, 2.45) is 0 Å². The Morgan fingerprint density at radius 1 is 1.20 bits per heavy atom. The van der Waals surface area contributed by atoms with Crippen molar-refractivity contribution < 1.29 is 5.11 Å². The summed E-state index contributed by atoms with van der Waals surface area (Å²) in [5.74, 6) is 5.69. The molecule has 2 atom stereocenters. The van der Waals surface area contributed by atoms with Crippen LogP contribution in [-0.2, 0) is 6.54 Å². The fraction of sp³-hybridized carbons (Fsp3) is 0.529. The van der Waals surface area contributed by atoms with Crippen LogP contribution < -0.4 is 0 Å². The van der Waals surface area contributed by atoms with Gasteiger partial charge in [-0.25, -0.2) is 0 Å². The molecule has 110 valence electrons. The lowest BCUT2D eigenvalue weighted by atomic mass is 10.1. The first-order valence-corrected chi connectivity index (χ1v) is 10.9. The van der Waals surface area contributed by atoms with Crippen LogP contribution in [-0.4, -0.2) is 36.4 Å². The van der Waals surface area contributed by atoms with E-state index in [-0.39, 0.29) is 6.04 Å². The molecular formula is C17H27NOSi. The Hall–Kier alpha value is -1.08. The number of aliphatic hydroxyl groups is 1. The summed E-state index contributed by atoms with van der Waals surface area (Å²) in [5.41, 5.74) is 1.29. The third-order valence-corrected chi connectivity index (χ3v) is 4.59. The Bertz CT molecular complexity index is 455. The van der Waals surface area contributed by atoms with Crippen molar-refractivity contribution in [1.29, 1.82) is 0 Å². The molecule has 0 spiro atoms. The lowest BCUT2D eigenvalue weighted by molar-refractivity contribution is 0.101. The molecule has 0 heterocycles. The van der Waals surface area contributed by atoms with Gasteiger partial charge < -0.3 is 5.11 Å². The highest BCUT2D eigenvalue weighted by Gasteiger charge is 2.25. The number of hydrogen-bond acceptors (Lipinski definition) is 2. The summed E-state index contributed by atoms with van der Waals surface area (Å²) in [6, 6.07) is 10.5. The Morgan fingerprint density at radius 3 is 2.30 bits per heavy atom. The first-order chi connectivity index (χ1) is 9.33. The largest absolute Gasteiger partial charge is 0.379 e. The van der Waals surface area contributed by atoms with E-state index < -0.39 is 14.2 Å². The normalized spacial score (nSPS) is 14.6. The molecule has 1 N–H and O–H groups in total. The highest BCUT2D eigenvalue weighted by atomic mass is 28.3. The maximum absolute atomic E-state index is 10.2. The lowest BCUT2D eigenvalue weighted by Gasteiger charge is -2.35. The molecule has 20 heavy (non-hydrogen) atoms. The second-order valence-corrected chi connectivity index (χ2v) is 12.0. The summed E-state index contributed by atoms with van der Waals surface area (Å²) in [6.07, 6.45) is 0.478. The van der Waals surface area contributed by atoms with E-state index in [0.717, 1.165) is 12.7 Å². The first kappa shape index (κ1) is 17.0. The third-order valence-electron chi connectivity index (χ3n) is 3.23. The fourth-order valence-corrected chi connectivity index (χ4v) is 3.86. The standard InChI is InChI=1S/C17H27NOSi/c1-6-10-17(19)15(2)18(14-20(3,4)5)13-16-11-8-7-9-12-16/h7-9,11-12,15,17,19H,13-14H2,1-5H3/t15-,17-/m0/s1. The van der Waals surface area contributed by atoms with Gasteiger partial charge in [0.05, 0.1) is 8.07 Å². The minimum atomic E-state index is -1.24. The van der Waals surface area contributed by atoms with E-state index in [0.29, 0.717) is 0 Å². The van der Waals surface area contributed by atoms with E-state index >= 15 is 0 Å². The highest BCUT2D eigenvalue weighted by molar-refractivity contribution is 6.76. The Morgan fingerprint density at radius 2 is 1.80 bits per heavy atom. The zero-order chi connectivity index (χ0) is 15.2. The van der Waals surface area contributed by atoms with Crippen LogP contribution in [0, 0.1) is 11.8 Å². The van der Waals surface area contributed by atoms with Gasteiger partial charge in [0.15, 0.2) is 0 Å². The van der Waals surface area contributed by atoms with Gasteiger partial charge in [-0.3, -0.25) is 4.90 Å². The fourth-order valence-electron chi connectivity index (χ4n) is 2.24. The van der Waals surface area contributed by atoms with Gasteiger partial charge in [-0.15, -0.1) is 5.92 Å². The van der Waals surface area contributed by atoms with Crippen LogP contribution >= 0.6 is 0 Å². The van der Waals surface area contributed by atoms with Gasteiger partial charge in [0.1, 0.15) is 6.10 Å². The molecule has 0 unspecified atom stereocenters. The molecule has 1 rings (SSSR count). The van der Waals surface area contributed by atoms with E-state index in [1.807, 2.05) is 6.07 Å². The summed E-state index contributed by atoms with van der Waals surface area (Å²) in [5, 5.41) is 10.2. The average Bonchev–Trinajstić information content (AvgIpc) is 2.37. The first-order valence-electron chi connectivity index (χ1n) is 7.22. The maximum atomic E-state index is 10.2. The minimum absolute atomic E-state index is 0.0504. The molecule has 1 aromatic rings. The Labute approximate surface area is 124 Å². The van der Waals surface area contributed by atoms with Crippen molar-refractivity contribution >= 4 is 8.07 Å². The second kappa shape index (κ2) is 7.63. The van der Waals surface area contributed by atoms with Crippen LogP contribution in [0.2, 0.25) is 19.6 Å². The van der Waals surface area contributed by atoms with Crippen molar-refractivity contribution in [1.82, 2.24) is 4.90 Å². The number of rotatable bonds is 6. The Balaban J connectivity index is 2.86. The molecule has 0 aliphatic heterocycles. The molecule has 0 aliphatic rings. The number of nitrogens with zero attached hydrogens (tertiary/aromatic N) is 1. The van der Waals surface area contributed by atoms with E-state index in [4.69, 9.17) is 0 Å². The minimum Gasteiger partial charge on any atom is -0.379 e. The van der Waals surface area contributed by atoms with E-state index in [2.05, 4.69) is 67.6 Å². The van der Waals surface area contributed by atoms with Gasteiger partial charge in [0, 0.05) is 12.6 Å². The second-order valence-electron chi connectivity index (χ2n) is 6.53. The molecule has 0 aromatic heterocycles. The molecule has 0 amide bonds. The van der Waals surface area contributed by atoms with Crippen LogP contribution in [0.15, 0.2) is 30.3 Å². The predicted octanol–water partition coefficient (Wildman–Crippen LogP) is 3.14. The van der Waals surface area contributed by atoms with Gasteiger partial charge in [0.25, 0.3) is 0 Å². The smallest absolute Gasteiger partial charge is 0.129 e. The van der Waals surface area contributed by atoms with Gasteiger partial charge in [-0.2, -0.15) is 0 Å². The van der Waals surface area contributed by atoms with Crippen LogP contribution in [0.5, 0.6) is 0 Å². The van der Waals surface area contributed by atoms with Gasteiger partial charge >= 0.3 is 0 Å². The van der Waals surface area contributed by atoms with Crippen molar-refractivity contribution in [3.8, 4) is 11.8 Å². The zero-order valence-corrected chi connectivity index (χ0v) is 14.4. The molecule has 3 heteroatoms. The van der Waals surface area contributed by atoms with Crippen molar-refractivity contribution in [3.63, 3.8) is 0 Å².